The van der Waals surface area contributed by atoms with Crippen molar-refractivity contribution >= 4 is 0 Å². The normalized spacial score (nSPS) is 10.9. The van der Waals surface area contributed by atoms with Gasteiger partial charge in [-0.3, -0.25) is 0 Å². The average molecular weight is 316 g/mol. The van der Waals surface area contributed by atoms with Crippen molar-refractivity contribution in [1.29, 1.82) is 0 Å². The maximum atomic E-state index is 5.50. The number of aryl methyl sites for hydroxylation is 1. The summed E-state index contributed by atoms with van der Waals surface area (Å²) in [5.41, 5.74) is 4.65. The zero-order chi connectivity index (χ0) is 16.5. The van der Waals surface area contributed by atoms with Crippen molar-refractivity contribution in [3.63, 3.8) is 0 Å². The van der Waals surface area contributed by atoms with E-state index < -0.39 is 0 Å². The van der Waals surface area contributed by atoms with Gasteiger partial charge >= 0.3 is 0 Å². The molecule has 0 spiro atoms. The number of hydrogen-bond acceptors (Lipinski definition) is 4. The van der Waals surface area contributed by atoms with Gasteiger partial charge < -0.3 is 4.52 Å². The minimum Gasteiger partial charge on any atom is -0.333 e. The van der Waals surface area contributed by atoms with Crippen molar-refractivity contribution in [2.24, 2.45) is 0 Å². The molecule has 0 aliphatic rings. The van der Waals surface area contributed by atoms with Gasteiger partial charge in [-0.05, 0) is 26.0 Å². The van der Waals surface area contributed by atoms with E-state index in [1.165, 1.54) is 0 Å². The molecule has 2 aromatic heterocycles. The summed E-state index contributed by atoms with van der Waals surface area (Å²) >= 11 is 0. The maximum absolute atomic E-state index is 5.50. The fourth-order valence-corrected chi connectivity index (χ4v) is 2.80. The highest BCUT2D eigenvalue weighted by Crippen LogP contribution is 2.29. The Bertz CT molecular complexity index is 971. The Hall–Kier alpha value is -3.21. The van der Waals surface area contributed by atoms with Gasteiger partial charge in [0.1, 0.15) is 0 Å². The smallest absolute Gasteiger partial charge is 0.262 e. The van der Waals surface area contributed by atoms with Gasteiger partial charge in [0, 0.05) is 5.56 Å². The second kappa shape index (κ2) is 5.77. The average Bonchev–Trinajstić information content (AvgIpc) is 3.21. The molecule has 0 aliphatic carbocycles. The standard InChI is InChI=1S/C19H16N4O/c1-13-17(14(2)23(21-13)16-11-7-4-8-12-16)19-20-18(22-24-19)15-9-5-3-6-10-15/h3-12H,1-2H3. The van der Waals surface area contributed by atoms with Crippen LogP contribution in [0.15, 0.2) is 65.2 Å². The summed E-state index contributed by atoms with van der Waals surface area (Å²) in [6, 6.07) is 19.8. The second-order valence-electron chi connectivity index (χ2n) is 5.58. The molecule has 0 radical (unpaired) electrons. The molecule has 118 valence electrons. The summed E-state index contributed by atoms with van der Waals surface area (Å²) in [5, 5.41) is 8.73. The Morgan fingerprint density at radius 1 is 0.875 bits per heavy atom. The highest BCUT2D eigenvalue weighted by Gasteiger charge is 2.20. The predicted octanol–water partition coefficient (Wildman–Crippen LogP) is 4.21. The first kappa shape index (κ1) is 14.4. The molecule has 0 saturated carbocycles. The fourth-order valence-electron chi connectivity index (χ4n) is 2.80. The van der Waals surface area contributed by atoms with Crippen molar-refractivity contribution in [2.75, 3.05) is 0 Å². The third-order valence-electron chi connectivity index (χ3n) is 3.96. The molecule has 0 bridgehead atoms. The molecule has 0 amide bonds. The lowest BCUT2D eigenvalue weighted by atomic mass is 10.2. The highest BCUT2D eigenvalue weighted by molar-refractivity contribution is 5.64. The quantitative estimate of drug-likeness (QED) is 0.568. The van der Waals surface area contributed by atoms with Gasteiger partial charge in [0.15, 0.2) is 0 Å². The van der Waals surface area contributed by atoms with Crippen LogP contribution in [-0.2, 0) is 0 Å². The summed E-state index contributed by atoms with van der Waals surface area (Å²) in [6.07, 6.45) is 0. The molecule has 4 aromatic rings. The molecular weight excluding hydrogens is 300 g/mol. The third-order valence-corrected chi connectivity index (χ3v) is 3.96. The van der Waals surface area contributed by atoms with E-state index in [9.17, 15) is 0 Å². The van der Waals surface area contributed by atoms with Crippen LogP contribution in [0.5, 0.6) is 0 Å². The van der Waals surface area contributed by atoms with Crippen LogP contribution >= 0.6 is 0 Å². The Morgan fingerprint density at radius 2 is 1.54 bits per heavy atom. The zero-order valence-corrected chi connectivity index (χ0v) is 13.5. The van der Waals surface area contributed by atoms with Gasteiger partial charge in [-0.25, -0.2) is 4.68 Å². The predicted molar refractivity (Wildman–Crippen MR) is 91.8 cm³/mol. The first-order chi connectivity index (χ1) is 11.7. The summed E-state index contributed by atoms with van der Waals surface area (Å²) in [4.78, 5) is 4.55. The van der Waals surface area contributed by atoms with E-state index in [-0.39, 0.29) is 0 Å². The Balaban J connectivity index is 1.78. The van der Waals surface area contributed by atoms with Crippen molar-refractivity contribution in [3.05, 3.63) is 72.1 Å². The first-order valence-electron chi connectivity index (χ1n) is 7.75. The topological polar surface area (TPSA) is 56.7 Å². The zero-order valence-electron chi connectivity index (χ0n) is 13.5. The Kier molecular flexibility index (Phi) is 3.46. The molecule has 0 unspecified atom stereocenters. The summed E-state index contributed by atoms with van der Waals surface area (Å²) in [6.45, 7) is 3.96. The van der Waals surface area contributed by atoms with E-state index in [1.807, 2.05) is 79.2 Å². The molecule has 0 aliphatic heterocycles. The van der Waals surface area contributed by atoms with Gasteiger partial charge in [0.25, 0.3) is 5.89 Å². The van der Waals surface area contributed by atoms with E-state index >= 15 is 0 Å². The lowest BCUT2D eigenvalue weighted by Crippen LogP contribution is -1.98. The van der Waals surface area contributed by atoms with Crippen molar-refractivity contribution in [3.8, 4) is 28.5 Å². The summed E-state index contributed by atoms with van der Waals surface area (Å²) in [5.74, 6) is 1.07. The molecule has 24 heavy (non-hydrogen) atoms. The van der Waals surface area contributed by atoms with Crippen LogP contribution in [-0.4, -0.2) is 19.9 Å². The van der Waals surface area contributed by atoms with Crippen LogP contribution in [0.1, 0.15) is 11.4 Å². The van der Waals surface area contributed by atoms with E-state index in [0.717, 1.165) is 28.2 Å². The first-order valence-corrected chi connectivity index (χ1v) is 7.75. The Morgan fingerprint density at radius 3 is 2.25 bits per heavy atom. The SMILES string of the molecule is Cc1nn(-c2ccccc2)c(C)c1-c1nc(-c2ccccc2)no1. The van der Waals surface area contributed by atoms with Gasteiger partial charge in [-0.15, -0.1) is 0 Å². The van der Waals surface area contributed by atoms with Crippen molar-refractivity contribution in [2.45, 2.75) is 13.8 Å². The molecule has 2 aromatic carbocycles. The summed E-state index contributed by atoms with van der Waals surface area (Å²) < 4.78 is 7.40. The second-order valence-corrected chi connectivity index (χ2v) is 5.58. The van der Waals surface area contributed by atoms with Crippen LogP contribution in [0, 0.1) is 13.8 Å². The van der Waals surface area contributed by atoms with Crippen molar-refractivity contribution < 1.29 is 4.52 Å². The number of hydrogen-bond donors (Lipinski definition) is 0. The molecular formula is C19H16N4O. The summed E-state index contributed by atoms with van der Waals surface area (Å²) in [7, 11) is 0. The Labute approximate surface area is 139 Å². The number of benzene rings is 2. The van der Waals surface area contributed by atoms with Gasteiger partial charge in [-0.1, -0.05) is 53.7 Å². The van der Waals surface area contributed by atoms with E-state index in [4.69, 9.17) is 4.52 Å². The molecule has 0 saturated heterocycles. The molecule has 0 fully saturated rings. The molecule has 5 heteroatoms. The van der Waals surface area contributed by atoms with Crippen LogP contribution in [0.25, 0.3) is 28.5 Å². The minimum absolute atomic E-state index is 0.492. The van der Waals surface area contributed by atoms with Gasteiger partial charge in [-0.2, -0.15) is 10.1 Å². The molecule has 4 rings (SSSR count). The maximum Gasteiger partial charge on any atom is 0.262 e. The van der Waals surface area contributed by atoms with Crippen molar-refractivity contribution in [1.82, 2.24) is 19.9 Å². The van der Waals surface area contributed by atoms with Crippen LogP contribution in [0.2, 0.25) is 0 Å². The molecule has 5 nitrogen and oxygen atoms in total. The van der Waals surface area contributed by atoms with Gasteiger partial charge in [0.05, 0.1) is 22.6 Å². The van der Waals surface area contributed by atoms with Crippen LogP contribution < -0.4 is 0 Å². The van der Waals surface area contributed by atoms with E-state index in [0.29, 0.717) is 11.7 Å². The lowest BCUT2D eigenvalue weighted by Gasteiger charge is -2.03. The molecule has 0 N–H and O–H groups in total. The fraction of sp³-hybridized carbons (Fsp3) is 0.105. The molecule has 0 atom stereocenters. The largest absolute Gasteiger partial charge is 0.333 e. The number of rotatable bonds is 3. The molecule has 2 heterocycles. The number of nitrogens with zero attached hydrogens (tertiary/aromatic N) is 4. The third kappa shape index (κ3) is 2.40. The number of aromatic nitrogens is 4. The van der Waals surface area contributed by atoms with E-state index in [1.54, 1.807) is 0 Å². The lowest BCUT2D eigenvalue weighted by molar-refractivity contribution is 0.432. The highest BCUT2D eigenvalue weighted by atomic mass is 16.5. The van der Waals surface area contributed by atoms with Crippen LogP contribution in [0.4, 0.5) is 0 Å². The number of para-hydroxylation sites is 1. The monoisotopic (exact) mass is 316 g/mol. The van der Waals surface area contributed by atoms with Gasteiger partial charge in [0.2, 0.25) is 5.82 Å². The van der Waals surface area contributed by atoms with E-state index in [2.05, 4.69) is 15.2 Å². The van der Waals surface area contributed by atoms with Crippen LogP contribution in [0.3, 0.4) is 0 Å². The minimum atomic E-state index is 0.492.